The lowest BCUT2D eigenvalue weighted by molar-refractivity contribution is -0.385. The molecule has 0 N–H and O–H groups in total. The second kappa shape index (κ2) is 7.92. The second-order valence-electron chi connectivity index (χ2n) is 5.40. The van der Waals surface area contributed by atoms with Crippen LogP contribution < -0.4 is 9.47 Å². The molecule has 0 radical (unpaired) electrons. The Morgan fingerprint density at radius 2 is 1.26 bits per heavy atom. The molecule has 0 saturated carbocycles. The maximum absolute atomic E-state index is 12.1. The van der Waals surface area contributed by atoms with Gasteiger partial charge in [-0.25, -0.2) is 9.59 Å². The van der Waals surface area contributed by atoms with E-state index in [2.05, 4.69) is 0 Å². The van der Waals surface area contributed by atoms with Gasteiger partial charge >= 0.3 is 17.6 Å². The summed E-state index contributed by atoms with van der Waals surface area (Å²) in [6.07, 6.45) is 0. The Morgan fingerprint density at radius 3 is 1.78 bits per heavy atom. The summed E-state index contributed by atoms with van der Waals surface area (Å²) in [4.78, 5) is 34.8. The lowest BCUT2D eigenvalue weighted by atomic mass is 10.2. The highest BCUT2D eigenvalue weighted by molar-refractivity contribution is 5.92. The molecule has 0 unspecified atom stereocenters. The number of rotatable bonds is 5. The number of carbonyl (C=O) groups is 2. The van der Waals surface area contributed by atoms with Crippen LogP contribution in [-0.4, -0.2) is 16.9 Å². The molecular weight excluding hydrogens is 350 g/mol. The SMILES string of the molecule is O=C(Oc1ccc(OC(=O)c2ccccc2)c([N+](=O)[O-])c1)c1ccccc1. The molecule has 7 heteroatoms. The Balaban J connectivity index is 1.82. The molecule has 27 heavy (non-hydrogen) atoms. The standard InChI is InChI=1S/C20H13NO6/c22-19(14-7-3-1-4-8-14)26-16-11-12-18(17(13-16)21(24)25)27-20(23)15-9-5-2-6-10-15/h1-13H. The van der Waals surface area contributed by atoms with E-state index in [1.807, 2.05) is 0 Å². The van der Waals surface area contributed by atoms with E-state index in [1.54, 1.807) is 48.5 Å². The van der Waals surface area contributed by atoms with E-state index in [1.165, 1.54) is 24.3 Å². The van der Waals surface area contributed by atoms with Crippen molar-refractivity contribution in [1.29, 1.82) is 0 Å². The molecule has 3 aromatic carbocycles. The van der Waals surface area contributed by atoms with Gasteiger partial charge in [0.1, 0.15) is 5.75 Å². The topological polar surface area (TPSA) is 95.7 Å². The van der Waals surface area contributed by atoms with Crippen LogP contribution in [0.3, 0.4) is 0 Å². The van der Waals surface area contributed by atoms with Crippen LogP contribution in [0.2, 0.25) is 0 Å². The molecule has 0 amide bonds. The Labute approximate surface area is 153 Å². The van der Waals surface area contributed by atoms with Gasteiger partial charge in [-0.2, -0.15) is 0 Å². The van der Waals surface area contributed by atoms with Crippen LogP contribution in [0.5, 0.6) is 11.5 Å². The first kappa shape index (κ1) is 17.8. The van der Waals surface area contributed by atoms with Crippen molar-refractivity contribution in [3.8, 4) is 11.5 Å². The maximum atomic E-state index is 12.1. The van der Waals surface area contributed by atoms with Crippen LogP contribution in [0.25, 0.3) is 0 Å². The summed E-state index contributed by atoms with van der Waals surface area (Å²) in [7, 11) is 0. The molecule has 0 aliphatic heterocycles. The van der Waals surface area contributed by atoms with Gasteiger partial charge in [-0.3, -0.25) is 10.1 Å². The quantitative estimate of drug-likeness (QED) is 0.294. The third-order valence-corrected chi connectivity index (χ3v) is 3.56. The number of hydrogen-bond acceptors (Lipinski definition) is 6. The molecule has 0 spiro atoms. The van der Waals surface area contributed by atoms with Crippen LogP contribution in [0, 0.1) is 10.1 Å². The second-order valence-corrected chi connectivity index (χ2v) is 5.40. The molecule has 0 aliphatic carbocycles. The number of hydrogen-bond donors (Lipinski definition) is 0. The molecule has 3 aromatic rings. The third-order valence-electron chi connectivity index (χ3n) is 3.56. The van der Waals surface area contributed by atoms with Crippen LogP contribution in [0.1, 0.15) is 20.7 Å². The number of esters is 2. The number of carbonyl (C=O) groups excluding carboxylic acids is 2. The molecule has 0 aliphatic rings. The summed E-state index contributed by atoms with van der Waals surface area (Å²) in [6.45, 7) is 0. The van der Waals surface area contributed by atoms with Gasteiger partial charge in [-0.15, -0.1) is 0 Å². The monoisotopic (exact) mass is 363 g/mol. The number of nitro benzene ring substituents is 1. The van der Waals surface area contributed by atoms with E-state index < -0.39 is 22.5 Å². The fourth-order valence-electron chi connectivity index (χ4n) is 2.26. The minimum Gasteiger partial charge on any atom is -0.423 e. The van der Waals surface area contributed by atoms with Crippen molar-refractivity contribution in [1.82, 2.24) is 0 Å². The van der Waals surface area contributed by atoms with Crippen molar-refractivity contribution in [2.75, 3.05) is 0 Å². The molecule has 134 valence electrons. The maximum Gasteiger partial charge on any atom is 0.343 e. The van der Waals surface area contributed by atoms with Gasteiger partial charge in [0, 0.05) is 0 Å². The average Bonchev–Trinajstić information content (AvgIpc) is 2.70. The van der Waals surface area contributed by atoms with Crippen LogP contribution in [0.4, 0.5) is 5.69 Å². The summed E-state index contributed by atoms with van der Waals surface area (Å²) in [6, 6.07) is 19.9. The molecular formula is C20H13NO6. The van der Waals surface area contributed by atoms with Gasteiger partial charge in [0.2, 0.25) is 5.75 Å². The fourth-order valence-corrected chi connectivity index (χ4v) is 2.26. The third kappa shape index (κ3) is 4.35. The van der Waals surface area contributed by atoms with E-state index in [4.69, 9.17) is 9.47 Å². The molecule has 0 fully saturated rings. The number of nitrogens with zero attached hydrogens (tertiary/aromatic N) is 1. The largest absolute Gasteiger partial charge is 0.423 e. The Hall–Kier alpha value is -4.00. The molecule has 0 bridgehead atoms. The van der Waals surface area contributed by atoms with Gasteiger partial charge in [-0.05, 0) is 36.4 Å². The lowest BCUT2D eigenvalue weighted by Gasteiger charge is -2.08. The zero-order valence-electron chi connectivity index (χ0n) is 13.9. The highest BCUT2D eigenvalue weighted by Crippen LogP contribution is 2.32. The van der Waals surface area contributed by atoms with Crippen LogP contribution >= 0.6 is 0 Å². The van der Waals surface area contributed by atoms with Gasteiger partial charge in [0.25, 0.3) is 0 Å². The lowest BCUT2D eigenvalue weighted by Crippen LogP contribution is -2.11. The van der Waals surface area contributed by atoms with Gasteiger partial charge in [0.15, 0.2) is 0 Å². The summed E-state index contributed by atoms with van der Waals surface area (Å²) in [5, 5.41) is 11.3. The van der Waals surface area contributed by atoms with Crippen molar-refractivity contribution in [2.45, 2.75) is 0 Å². The normalized spacial score (nSPS) is 10.1. The first-order chi connectivity index (χ1) is 13.0. The summed E-state index contributed by atoms with van der Waals surface area (Å²) in [5.41, 5.74) is 0.0729. The van der Waals surface area contributed by atoms with E-state index in [-0.39, 0.29) is 17.1 Å². The summed E-state index contributed by atoms with van der Waals surface area (Å²) < 4.78 is 10.3. The fraction of sp³-hybridized carbons (Fsp3) is 0. The van der Waals surface area contributed by atoms with Crippen LogP contribution in [0.15, 0.2) is 78.9 Å². The Bertz CT molecular complexity index is 986. The number of ether oxygens (including phenoxy) is 2. The van der Waals surface area contributed by atoms with Gasteiger partial charge in [0.05, 0.1) is 22.1 Å². The minimum absolute atomic E-state index is 0.0323. The minimum atomic E-state index is -0.729. The number of benzene rings is 3. The van der Waals surface area contributed by atoms with Crippen LogP contribution in [-0.2, 0) is 0 Å². The Kier molecular flexibility index (Phi) is 5.22. The zero-order valence-corrected chi connectivity index (χ0v) is 13.9. The predicted molar refractivity (Wildman–Crippen MR) is 95.9 cm³/mol. The molecule has 0 atom stereocenters. The van der Waals surface area contributed by atoms with Crippen molar-refractivity contribution in [2.24, 2.45) is 0 Å². The van der Waals surface area contributed by atoms with Crippen molar-refractivity contribution in [3.05, 3.63) is 100 Å². The van der Waals surface area contributed by atoms with Gasteiger partial charge < -0.3 is 9.47 Å². The van der Waals surface area contributed by atoms with E-state index in [9.17, 15) is 19.7 Å². The molecule has 3 rings (SSSR count). The first-order valence-corrected chi connectivity index (χ1v) is 7.87. The zero-order chi connectivity index (χ0) is 19.2. The van der Waals surface area contributed by atoms with E-state index >= 15 is 0 Å². The molecule has 0 saturated heterocycles. The van der Waals surface area contributed by atoms with Crippen molar-refractivity contribution in [3.63, 3.8) is 0 Å². The van der Waals surface area contributed by atoms with E-state index in [0.717, 1.165) is 6.07 Å². The highest BCUT2D eigenvalue weighted by Gasteiger charge is 2.21. The van der Waals surface area contributed by atoms with Crippen molar-refractivity contribution < 1.29 is 24.0 Å². The van der Waals surface area contributed by atoms with Gasteiger partial charge in [-0.1, -0.05) is 36.4 Å². The summed E-state index contributed by atoms with van der Waals surface area (Å²) >= 11 is 0. The van der Waals surface area contributed by atoms with Crippen molar-refractivity contribution >= 4 is 17.6 Å². The summed E-state index contributed by atoms with van der Waals surface area (Å²) in [5.74, 6) is -1.66. The highest BCUT2D eigenvalue weighted by atomic mass is 16.6. The smallest absolute Gasteiger partial charge is 0.343 e. The number of nitro groups is 1. The van der Waals surface area contributed by atoms with E-state index in [0.29, 0.717) is 5.56 Å². The molecule has 0 aromatic heterocycles. The Morgan fingerprint density at radius 1 is 0.741 bits per heavy atom. The predicted octanol–water partition coefficient (Wildman–Crippen LogP) is 4.03. The first-order valence-electron chi connectivity index (χ1n) is 7.87. The molecule has 7 nitrogen and oxygen atoms in total. The average molecular weight is 363 g/mol. The molecule has 0 heterocycles.